The summed E-state index contributed by atoms with van der Waals surface area (Å²) < 4.78 is 0. The summed E-state index contributed by atoms with van der Waals surface area (Å²) in [7, 11) is 0. The molecule has 0 bridgehead atoms. The molecule has 5 nitrogen and oxygen atoms in total. The van der Waals surface area contributed by atoms with Crippen molar-refractivity contribution in [1.29, 1.82) is 0 Å². The third-order valence-electron chi connectivity index (χ3n) is 5.75. The predicted octanol–water partition coefficient (Wildman–Crippen LogP) is 4.90. The Labute approximate surface area is 170 Å². The minimum absolute atomic E-state index is 0.840. The van der Waals surface area contributed by atoms with Crippen LogP contribution in [0.2, 0.25) is 0 Å². The van der Waals surface area contributed by atoms with E-state index in [4.69, 9.17) is 0 Å². The van der Waals surface area contributed by atoms with Gasteiger partial charge in [-0.1, -0.05) is 36.4 Å². The molecule has 0 unspecified atom stereocenters. The van der Waals surface area contributed by atoms with E-state index in [1.807, 2.05) is 24.4 Å². The molecule has 0 aliphatic carbocycles. The third kappa shape index (κ3) is 3.45. The fraction of sp³-hybridized carbons (Fsp3) is 0.208. The number of rotatable bonds is 4. The Hall–Kier alpha value is -3.31. The largest absolute Gasteiger partial charge is 0.339 e. The lowest BCUT2D eigenvalue weighted by molar-refractivity contribution is 0.273. The molecule has 2 aromatic carbocycles. The zero-order valence-electron chi connectivity index (χ0n) is 16.7. The molecule has 2 aromatic heterocycles. The van der Waals surface area contributed by atoms with Crippen LogP contribution in [0.3, 0.4) is 0 Å². The summed E-state index contributed by atoms with van der Waals surface area (Å²) in [6, 6.07) is 16.8. The Morgan fingerprint density at radius 2 is 1.86 bits per heavy atom. The summed E-state index contributed by atoms with van der Waals surface area (Å²) >= 11 is 0. The third-order valence-corrected chi connectivity index (χ3v) is 5.75. The van der Waals surface area contributed by atoms with E-state index in [-0.39, 0.29) is 0 Å². The molecular weight excluding hydrogens is 358 g/mol. The number of nitrogens with one attached hydrogen (secondary N) is 1. The Bertz CT molecular complexity index is 1200. The van der Waals surface area contributed by atoms with Crippen LogP contribution in [0.25, 0.3) is 10.9 Å². The van der Waals surface area contributed by atoms with E-state index >= 15 is 0 Å². The number of nitrogens with zero attached hydrogens (tertiary/aromatic N) is 4. The van der Waals surface area contributed by atoms with E-state index in [1.165, 1.54) is 22.3 Å². The number of anilines is 2. The normalized spacial score (nSPS) is 13.6. The molecule has 0 fully saturated rings. The van der Waals surface area contributed by atoms with Crippen molar-refractivity contribution in [3.05, 3.63) is 89.0 Å². The van der Waals surface area contributed by atoms with Crippen molar-refractivity contribution < 1.29 is 0 Å². The van der Waals surface area contributed by atoms with Crippen LogP contribution in [0.1, 0.15) is 27.9 Å². The lowest BCUT2D eigenvalue weighted by atomic mass is 10.0. The van der Waals surface area contributed by atoms with Crippen molar-refractivity contribution in [2.24, 2.45) is 0 Å². The van der Waals surface area contributed by atoms with Crippen LogP contribution in [0.5, 0.6) is 0 Å². The number of benzene rings is 2. The molecule has 5 rings (SSSR count). The Morgan fingerprint density at radius 3 is 2.79 bits per heavy atom. The molecule has 5 heteroatoms. The highest BCUT2D eigenvalue weighted by molar-refractivity contribution is 5.82. The maximum absolute atomic E-state index is 4.54. The molecule has 0 amide bonds. The van der Waals surface area contributed by atoms with Crippen molar-refractivity contribution in [3.8, 4) is 0 Å². The summed E-state index contributed by atoms with van der Waals surface area (Å²) in [5.41, 5.74) is 8.29. The van der Waals surface area contributed by atoms with E-state index in [1.54, 1.807) is 6.33 Å². The standard InChI is InChI=1S/C24H23N5/c1-16-6-5-8-19(17(16)2)12-29-13-21-23(14-29)26-15-27-24(21)28-20-10-18-7-3-4-9-22(18)25-11-20/h3-11,15H,12-14H2,1-2H3,(H,26,27,28). The molecule has 1 aliphatic rings. The summed E-state index contributed by atoms with van der Waals surface area (Å²) in [6.45, 7) is 6.97. The van der Waals surface area contributed by atoms with E-state index in [0.29, 0.717) is 0 Å². The van der Waals surface area contributed by atoms with Gasteiger partial charge >= 0.3 is 0 Å². The summed E-state index contributed by atoms with van der Waals surface area (Å²) in [5, 5.41) is 4.57. The average Bonchev–Trinajstić information content (AvgIpc) is 3.15. The fourth-order valence-corrected chi connectivity index (χ4v) is 3.96. The predicted molar refractivity (Wildman–Crippen MR) is 116 cm³/mol. The summed E-state index contributed by atoms with van der Waals surface area (Å²) in [6.07, 6.45) is 3.51. The molecule has 3 heterocycles. The fourth-order valence-electron chi connectivity index (χ4n) is 3.96. The van der Waals surface area contributed by atoms with Gasteiger partial charge in [-0.3, -0.25) is 9.88 Å². The van der Waals surface area contributed by atoms with Crippen molar-refractivity contribution in [3.63, 3.8) is 0 Å². The highest BCUT2D eigenvalue weighted by atomic mass is 15.2. The van der Waals surface area contributed by atoms with Crippen LogP contribution in [0.15, 0.2) is 61.1 Å². The number of hydrogen-bond acceptors (Lipinski definition) is 5. The molecule has 0 saturated heterocycles. The molecule has 0 atom stereocenters. The number of aromatic nitrogens is 3. The zero-order valence-corrected chi connectivity index (χ0v) is 16.7. The molecule has 0 radical (unpaired) electrons. The zero-order chi connectivity index (χ0) is 19.8. The summed E-state index contributed by atoms with van der Waals surface area (Å²) in [5.74, 6) is 0.871. The van der Waals surface area contributed by atoms with Crippen molar-refractivity contribution in [1.82, 2.24) is 19.9 Å². The number of hydrogen-bond donors (Lipinski definition) is 1. The highest BCUT2D eigenvalue weighted by Gasteiger charge is 2.24. The van der Waals surface area contributed by atoms with Gasteiger partial charge in [0.15, 0.2) is 0 Å². The lowest BCUT2D eigenvalue weighted by Gasteiger charge is -2.17. The Balaban J connectivity index is 1.38. The molecule has 29 heavy (non-hydrogen) atoms. The van der Waals surface area contributed by atoms with Gasteiger partial charge in [0, 0.05) is 30.6 Å². The summed E-state index contributed by atoms with van der Waals surface area (Å²) in [4.78, 5) is 16.0. The SMILES string of the molecule is Cc1cccc(CN2Cc3ncnc(Nc4cnc5ccccc5c4)c3C2)c1C. The molecule has 1 aliphatic heterocycles. The Morgan fingerprint density at radius 1 is 0.966 bits per heavy atom. The first-order chi connectivity index (χ1) is 14.2. The van der Waals surface area contributed by atoms with Gasteiger partial charge in [0.1, 0.15) is 12.1 Å². The van der Waals surface area contributed by atoms with Crippen LogP contribution < -0.4 is 5.32 Å². The minimum Gasteiger partial charge on any atom is -0.339 e. The van der Waals surface area contributed by atoms with Crippen molar-refractivity contribution >= 4 is 22.4 Å². The smallest absolute Gasteiger partial charge is 0.138 e. The van der Waals surface area contributed by atoms with E-state index in [0.717, 1.165) is 47.7 Å². The van der Waals surface area contributed by atoms with Crippen LogP contribution in [-0.2, 0) is 19.6 Å². The van der Waals surface area contributed by atoms with E-state index in [9.17, 15) is 0 Å². The number of fused-ring (bicyclic) bond motifs is 2. The molecule has 144 valence electrons. The quantitative estimate of drug-likeness (QED) is 0.545. The first kappa shape index (κ1) is 17.8. The van der Waals surface area contributed by atoms with E-state index in [2.05, 4.69) is 69.3 Å². The van der Waals surface area contributed by atoms with Crippen molar-refractivity contribution in [2.45, 2.75) is 33.5 Å². The maximum atomic E-state index is 4.54. The Kier molecular flexibility index (Phi) is 4.45. The second-order valence-corrected chi connectivity index (χ2v) is 7.69. The first-order valence-electron chi connectivity index (χ1n) is 9.89. The van der Waals surface area contributed by atoms with Gasteiger partial charge in [0.2, 0.25) is 0 Å². The topological polar surface area (TPSA) is 53.9 Å². The number of aryl methyl sites for hydroxylation is 1. The molecule has 4 aromatic rings. The van der Waals surface area contributed by atoms with Gasteiger partial charge in [-0.05, 0) is 42.7 Å². The second kappa shape index (κ2) is 7.26. The average molecular weight is 381 g/mol. The molecule has 0 saturated carbocycles. The van der Waals surface area contributed by atoms with Crippen LogP contribution >= 0.6 is 0 Å². The number of para-hydroxylation sites is 1. The van der Waals surface area contributed by atoms with E-state index < -0.39 is 0 Å². The van der Waals surface area contributed by atoms with Gasteiger partial charge in [-0.25, -0.2) is 9.97 Å². The number of pyridine rings is 1. The van der Waals surface area contributed by atoms with Gasteiger partial charge in [0.25, 0.3) is 0 Å². The van der Waals surface area contributed by atoms with Crippen LogP contribution in [-0.4, -0.2) is 19.9 Å². The first-order valence-corrected chi connectivity index (χ1v) is 9.89. The van der Waals surface area contributed by atoms with Gasteiger partial charge in [-0.2, -0.15) is 0 Å². The lowest BCUT2D eigenvalue weighted by Crippen LogP contribution is -2.16. The second-order valence-electron chi connectivity index (χ2n) is 7.69. The minimum atomic E-state index is 0.840. The van der Waals surface area contributed by atoms with Crippen molar-refractivity contribution in [2.75, 3.05) is 5.32 Å². The van der Waals surface area contributed by atoms with Crippen LogP contribution in [0.4, 0.5) is 11.5 Å². The van der Waals surface area contributed by atoms with Gasteiger partial charge in [-0.15, -0.1) is 0 Å². The monoisotopic (exact) mass is 381 g/mol. The molecular formula is C24H23N5. The molecule has 1 N–H and O–H groups in total. The molecule has 0 spiro atoms. The van der Waals surface area contributed by atoms with Gasteiger partial charge in [0.05, 0.1) is 23.1 Å². The van der Waals surface area contributed by atoms with Crippen LogP contribution in [0, 0.1) is 13.8 Å². The maximum Gasteiger partial charge on any atom is 0.138 e. The van der Waals surface area contributed by atoms with Gasteiger partial charge < -0.3 is 5.32 Å². The highest BCUT2D eigenvalue weighted by Crippen LogP contribution is 2.30.